The lowest BCUT2D eigenvalue weighted by atomic mass is 10.1. The molecule has 1 aromatic carbocycles. The van der Waals surface area contributed by atoms with Crippen LogP contribution in [0.15, 0.2) is 42.6 Å². The van der Waals surface area contributed by atoms with Crippen LogP contribution in [0.4, 0.5) is 10.1 Å². The summed E-state index contributed by atoms with van der Waals surface area (Å²) in [5.74, 6) is -0.946. The Morgan fingerprint density at radius 2 is 1.83 bits per heavy atom. The lowest BCUT2D eigenvalue weighted by Gasteiger charge is -2.25. The van der Waals surface area contributed by atoms with E-state index in [1.807, 2.05) is 19.0 Å². The summed E-state index contributed by atoms with van der Waals surface area (Å²) in [6, 6.07) is 8.38. The van der Waals surface area contributed by atoms with Gasteiger partial charge in [0.15, 0.2) is 0 Å². The molecular weight excluding hydrogens is 411 g/mol. The van der Waals surface area contributed by atoms with Crippen molar-refractivity contribution in [3.63, 3.8) is 0 Å². The summed E-state index contributed by atoms with van der Waals surface area (Å²) < 4.78 is 45.7. The third kappa shape index (κ3) is 7.69. The molecule has 0 spiro atoms. The normalized spacial score (nSPS) is 12.1. The van der Waals surface area contributed by atoms with Crippen molar-refractivity contribution in [1.82, 2.24) is 14.6 Å². The Labute approximate surface area is 176 Å². The number of carbonyl (C=O) groups excluding carboxylic acids is 1. The Balaban J connectivity index is 1.95. The second kappa shape index (κ2) is 9.96. The number of aromatic nitrogens is 1. The number of likely N-dealkylation sites (N-methyl/N-ethyl adjacent to an activating group) is 1. The van der Waals surface area contributed by atoms with Gasteiger partial charge >= 0.3 is 0 Å². The molecule has 2 aromatic rings. The van der Waals surface area contributed by atoms with E-state index < -0.39 is 27.3 Å². The van der Waals surface area contributed by atoms with E-state index in [9.17, 15) is 17.6 Å². The van der Waals surface area contributed by atoms with Crippen molar-refractivity contribution < 1.29 is 22.3 Å². The Morgan fingerprint density at radius 1 is 1.17 bits per heavy atom. The van der Waals surface area contributed by atoms with E-state index in [-0.39, 0.29) is 5.75 Å². The Morgan fingerprint density at radius 3 is 2.40 bits per heavy atom. The molecule has 0 saturated heterocycles. The maximum absolute atomic E-state index is 13.0. The van der Waals surface area contributed by atoms with Crippen LogP contribution in [0.5, 0.6) is 5.88 Å². The summed E-state index contributed by atoms with van der Waals surface area (Å²) >= 11 is 0. The number of sulfonamides is 1. The van der Waals surface area contributed by atoms with Gasteiger partial charge in [0, 0.05) is 12.6 Å². The van der Waals surface area contributed by atoms with Gasteiger partial charge in [-0.05, 0) is 51.7 Å². The lowest BCUT2D eigenvalue weighted by Crippen LogP contribution is -2.52. The zero-order valence-corrected chi connectivity index (χ0v) is 18.3. The highest BCUT2D eigenvalue weighted by atomic mass is 32.2. The number of hydrogen-bond acceptors (Lipinski definition) is 6. The number of carbonyl (C=O) groups is 1. The van der Waals surface area contributed by atoms with Crippen LogP contribution in [0.2, 0.25) is 0 Å². The average Bonchev–Trinajstić information content (AvgIpc) is 2.63. The molecule has 0 bridgehead atoms. The molecule has 10 heteroatoms. The molecule has 1 amide bonds. The third-order valence-corrected chi connectivity index (χ3v) is 5.57. The van der Waals surface area contributed by atoms with E-state index >= 15 is 0 Å². The van der Waals surface area contributed by atoms with Gasteiger partial charge in [0.25, 0.3) is 0 Å². The maximum atomic E-state index is 13.0. The summed E-state index contributed by atoms with van der Waals surface area (Å²) in [5.41, 5.74) is -0.598. The van der Waals surface area contributed by atoms with E-state index in [1.165, 1.54) is 44.3 Å². The number of benzene rings is 1. The summed E-state index contributed by atoms with van der Waals surface area (Å²) in [5, 5.41) is 2.64. The van der Waals surface area contributed by atoms with Gasteiger partial charge in [0.2, 0.25) is 21.8 Å². The summed E-state index contributed by atoms with van der Waals surface area (Å²) in [4.78, 5) is 18.7. The first kappa shape index (κ1) is 23.7. The molecule has 164 valence electrons. The summed E-state index contributed by atoms with van der Waals surface area (Å²) in [6.07, 6.45) is 1.44. The SMILES string of the molecule is CN(C)CCOc1ccc(NC(=O)C(C)(C)NS(=O)(=O)Cc2ccc(F)cc2)cn1. The molecule has 8 nitrogen and oxygen atoms in total. The monoisotopic (exact) mass is 438 g/mol. The molecule has 1 heterocycles. The van der Waals surface area contributed by atoms with Crippen LogP contribution in [0.3, 0.4) is 0 Å². The van der Waals surface area contributed by atoms with Gasteiger partial charge in [0.1, 0.15) is 18.0 Å². The van der Waals surface area contributed by atoms with Crippen molar-refractivity contribution in [2.45, 2.75) is 25.1 Å². The van der Waals surface area contributed by atoms with Crippen LogP contribution in [0.25, 0.3) is 0 Å². The first-order valence-corrected chi connectivity index (χ1v) is 10.9. The van der Waals surface area contributed by atoms with Crippen molar-refractivity contribution in [3.8, 4) is 5.88 Å². The van der Waals surface area contributed by atoms with E-state index in [0.29, 0.717) is 23.7 Å². The van der Waals surface area contributed by atoms with Gasteiger partial charge in [0.05, 0.1) is 17.6 Å². The van der Waals surface area contributed by atoms with Gasteiger partial charge in [-0.1, -0.05) is 12.1 Å². The molecule has 0 fully saturated rings. The fourth-order valence-electron chi connectivity index (χ4n) is 2.43. The topological polar surface area (TPSA) is 101 Å². The molecule has 2 rings (SSSR count). The fraction of sp³-hybridized carbons (Fsp3) is 0.400. The van der Waals surface area contributed by atoms with Gasteiger partial charge in [-0.3, -0.25) is 4.79 Å². The fourth-order valence-corrected chi connectivity index (χ4v) is 4.00. The van der Waals surface area contributed by atoms with E-state index in [1.54, 1.807) is 12.1 Å². The van der Waals surface area contributed by atoms with Crippen molar-refractivity contribution in [2.75, 3.05) is 32.6 Å². The van der Waals surface area contributed by atoms with Crippen LogP contribution in [-0.4, -0.2) is 57.0 Å². The van der Waals surface area contributed by atoms with E-state index in [4.69, 9.17) is 4.74 Å². The number of amides is 1. The predicted octanol–water partition coefficient (Wildman–Crippen LogP) is 2.00. The number of halogens is 1. The molecular formula is C20H27FN4O4S. The first-order valence-electron chi connectivity index (χ1n) is 9.28. The summed E-state index contributed by atoms with van der Waals surface area (Å²) in [7, 11) is 0.0317. The van der Waals surface area contributed by atoms with Gasteiger partial charge in [-0.15, -0.1) is 0 Å². The first-order chi connectivity index (χ1) is 14.0. The lowest BCUT2D eigenvalue weighted by molar-refractivity contribution is -0.120. The zero-order valence-electron chi connectivity index (χ0n) is 17.5. The number of pyridine rings is 1. The molecule has 0 radical (unpaired) electrons. The minimum atomic E-state index is -3.84. The highest BCUT2D eigenvalue weighted by molar-refractivity contribution is 7.88. The molecule has 0 atom stereocenters. The minimum Gasteiger partial charge on any atom is -0.476 e. The molecule has 0 unspecified atom stereocenters. The number of anilines is 1. The van der Waals surface area contributed by atoms with Crippen molar-refractivity contribution in [2.24, 2.45) is 0 Å². The largest absolute Gasteiger partial charge is 0.476 e. The second-order valence-electron chi connectivity index (χ2n) is 7.60. The third-order valence-electron chi connectivity index (χ3n) is 4.03. The maximum Gasteiger partial charge on any atom is 0.245 e. The van der Waals surface area contributed by atoms with Crippen LogP contribution in [0.1, 0.15) is 19.4 Å². The van der Waals surface area contributed by atoms with Crippen molar-refractivity contribution in [1.29, 1.82) is 0 Å². The highest BCUT2D eigenvalue weighted by Gasteiger charge is 2.32. The van der Waals surface area contributed by atoms with Crippen LogP contribution >= 0.6 is 0 Å². The average molecular weight is 439 g/mol. The van der Waals surface area contributed by atoms with Gasteiger partial charge in [-0.25, -0.2) is 17.8 Å². The van der Waals surface area contributed by atoms with E-state index in [0.717, 1.165) is 6.54 Å². The van der Waals surface area contributed by atoms with Gasteiger partial charge < -0.3 is 15.0 Å². The van der Waals surface area contributed by atoms with Crippen LogP contribution in [-0.2, 0) is 20.6 Å². The Hall–Kier alpha value is -2.56. The van der Waals surface area contributed by atoms with Crippen LogP contribution in [0, 0.1) is 5.82 Å². The molecule has 0 aliphatic rings. The molecule has 1 aromatic heterocycles. The second-order valence-corrected chi connectivity index (χ2v) is 9.33. The number of nitrogens with zero attached hydrogens (tertiary/aromatic N) is 2. The Kier molecular flexibility index (Phi) is 7.88. The zero-order chi connectivity index (χ0) is 22.4. The number of nitrogens with one attached hydrogen (secondary N) is 2. The minimum absolute atomic E-state index is 0.371. The standard InChI is InChI=1S/C20H27FN4O4S/c1-20(2,24-30(27,28)14-15-5-7-16(21)8-6-15)19(26)23-17-9-10-18(22-13-17)29-12-11-25(3)4/h5-10,13,24H,11-12,14H2,1-4H3,(H,23,26). The molecule has 30 heavy (non-hydrogen) atoms. The number of ether oxygens (including phenoxy) is 1. The smallest absolute Gasteiger partial charge is 0.245 e. The molecule has 0 aliphatic carbocycles. The van der Waals surface area contributed by atoms with E-state index in [2.05, 4.69) is 15.0 Å². The number of hydrogen-bond donors (Lipinski definition) is 2. The van der Waals surface area contributed by atoms with Crippen LogP contribution < -0.4 is 14.8 Å². The predicted molar refractivity (Wildman–Crippen MR) is 113 cm³/mol. The van der Waals surface area contributed by atoms with Gasteiger partial charge in [-0.2, -0.15) is 4.72 Å². The highest BCUT2D eigenvalue weighted by Crippen LogP contribution is 2.16. The molecule has 0 aliphatic heterocycles. The molecule has 2 N–H and O–H groups in total. The summed E-state index contributed by atoms with van der Waals surface area (Å²) in [6.45, 7) is 4.13. The van der Waals surface area contributed by atoms with Crippen molar-refractivity contribution in [3.05, 3.63) is 54.0 Å². The van der Waals surface area contributed by atoms with Crippen molar-refractivity contribution >= 4 is 21.6 Å². The Bertz CT molecular complexity index is 946. The molecule has 0 saturated carbocycles. The number of rotatable bonds is 10. The quantitative estimate of drug-likeness (QED) is 0.589.